The van der Waals surface area contributed by atoms with E-state index in [1.807, 2.05) is 0 Å². The van der Waals surface area contributed by atoms with Gasteiger partial charge in [0.25, 0.3) is 46.4 Å². The van der Waals surface area contributed by atoms with Crippen molar-refractivity contribution in [3.05, 3.63) is 139 Å². The van der Waals surface area contributed by atoms with Crippen molar-refractivity contribution in [3.8, 4) is 5.75 Å². The zero-order chi connectivity index (χ0) is 49.6. The van der Waals surface area contributed by atoms with Crippen LogP contribution in [0.5, 0.6) is 5.75 Å². The predicted molar refractivity (Wildman–Crippen MR) is 274 cm³/mol. The van der Waals surface area contributed by atoms with E-state index < -0.39 is 77.4 Å². The van der Waals surface area contributed by atoms with Crippen LogP contribution in [0.3, 0.4) is 0 Å². The number of hydrogen-bond acceptors (Lipinski definition) is 17. The second-order valence-electron chi connectivity index (χ2n) is 14.7. The molecule has 0 spiro atoms. The minimum absolute atomic E-state index is 0. The summed E-state index contributed by atoms with van der Waals surface area (Å²) in [4.78, 5) is 10.1. The molecule has 8 rings (SSSR count). The maximum atomic E-state index is 12.8. The first kappa shape index (κ1) is 61.6. The smallest absolute Gasteiger partial charge is 0.296 e. The Morgan fingerprint density at radius 2 is 0.918 bits per heavy atom. The normalized spacial score (nSPS) is 12.1. The number of nitrogens with two attached hydrogens (primary N) is 1. The van der Waals surface area contributed by atoms with Gasteiger partial charge >= 0.3 is 0 Å². The summed E-state index contributed by atoms with van der Waals surface area (Å²) in [6.07, 6.45) is 0. The summed E-state index contributed by atoms with van der Waals surface area (Å²) in [5, 5.41) is 39.3. The zero-order valence-corrected chi connectivity index (χ0v) is 49.8. The van der Waals surface area contributed by atoms with E-state index in [0.717, 1.165) is 42.5 Å². The van der Waals surface area contributed by atoms with Crippen molar-refractivity contribution in [2.45, 2.75) is 19.6 Å². The van der Waals surface area contributed by atoms with Crippen LogP contribution in [0, 0.1) is 0 Å². The Kier molecular flexibility index (Phi) is 20.6. The van der Waals surface area contributed by atoms with Gasteiger partial charge in [-0.2, -0.15) is 38.8 Å². The zero-order valence-electron chi connectivity index (χ0n) is 38.5. The number of amides is 1. The molecule has 4 radical (unpaired) electrons. The number of phenols is 1. The first-order chi connectivity index (χ1) is 32.5. The number of azo groups is 3. The fourth-order valence-corrected chi connectivity index (χ4v) is 9.22. The van der Waals surface area contributed by atoms with Crippen LogP contribution in [0.15, 0.2) is 184 Å². The molecule has 0 bridgehead atoms. The van der Waals surface area contributed by atoms with Crippen molar-refractivity contribution in [1.29, 1.82) is 0 Å². The van der Waals surface area contributed by atoms with E-state index in [4.69, 9.17) is 5.73 Å². The summed E-state index contributed by atoms with van der Waals surface area (Å²) in [7, 11) is -19.4. The number of benzene rings is 8. The minimum atomic E-state index is -5.10. The number of carbonyl (C=O) groups is 1. The number of nitrogens with zero attached hydrogens (tertiary/aromatic N) is 6. The Bertz CT molecular complexity index is 4060. The standard InChI is InChI=1S/C43H30N8O14S4.4Na/c44-34-13-7-26(20-39(34)68(60,61)62)46-47-37-16-14-35(30-11-8-27(21-32(30)37)66(54,55)56)48-49-38-17-15-36(31-12-9-28(22-33(31)38)67(57,58)59)50-51-41-40(69(63,64)65)19-24-18-25(6-10-29(24)42(41)52)45-43(53)23-4-2-1-3-5-23;;;;/h1-22,52H,44H2,(H,45,53)(H,54,55,56)(H,57,58,59)(H,60,61,62)(H,63,64,65);;;;. The van der Waals surface area contributed by atoms with Crippen LogP contribution in [0.2, 0.25) is 0 Å². The molecule has 0 saturated carbocycles. The van der Waals surface area contributed by atoms with E-state index in [0.29, 0.717) is 5.56 Å². The van der Waals surface area contributed by atoms with Crippen molar-refractivity contribution in [2.24, 2.45) is 30.7 Å². The van der Waals surface area contributed by atoms with Crippen molar-refractivity contribution in [2.75, 3.05) is 11.1 Å². The summed E-state index contributed by atoms with van der Waals surface area (Å²) >= 11 is 0. The first-order valence-electron chi connectivity index (χ1n) is 19.3. The third kappa shape index (κ3) is 14.1. The molecule has 30 heteroatoms. The molecule has 0 aliphatic heterocycles. The Morgan fingerprint density at radius 3 is 1.41 bits per heavy atom. The quantitative estimate of drug-likeness (QED) is 0.0261. The number of anilines is 2. The number of fused-ring (bicyclic) bond motifs is 3. The van der Waals surface area contributed by atoms with Crippen molar-refractivity contribution in [1.82, 2.24) is 0 Å². The number of phenolic OH excluding ortho intramolecular Hbond substituents is 1. The van der Waals surface area contributed by atoms with Gasteiger partial charge < -0.3 is 16.2 Å². The molecule has 354 valence electrons. The molecular weight excluding hydrogens is 1070 g/mol. The number of rotatable bonds is 12. The van der Waals surface area contributed by atoms with Gasteiger partial charge in [0.2, 0.25) is 0 Å². The van der Waals surface area contributed by atoms with Crippen LogP contribution in [-0.2, 0) is 40.5 Å². The molecule has 1 amide bonds. The summed E-state index contributed by atoms with van der Waals surface area (Å²) in [5.74, 6) is -1.19. The van der Waals surface area contributed by atoms with E-state index >= 15 is 0 Å². The predicted octanol–water partition coefficient (Wildman–Crippen LogP) is 8.40. The summed E-state index contributed by atoms with van der Waals surface area (Å²) in [6.45, 7) is 0. The Balaban J connectivity index is 0.00000289. The van der Waals surface area contributed by atoms with Crippen LogP contribution in [0.25, 0.3) is 32.3 Å². The third-order valence-corrected chi connectivity index (χ3v) is 13.6. The van der Waals surface area contributed by atoms with Gasteiger partial charge in [0.15, 0.2) is 5.75 Å². The molecule has 0 unspecified atom stereocenters. The van der Waals surface area contributed by atoms with E-state index in [-0.39, 0.29) is 190 Å². The maximum absolute atomic E-state index is 12.8. The molecular formula is C43H30N8Na4O14S4. The second-order valence-corrected chi connectivity index (χ2v) is 20.3. The molecule has 0 saturated heterocycles. The van der Waals surface area contributed by atoms with Gasteiger partial charge in [-0.05, 0) is 109 Å². The number of aromatic hydroxyl groups is 1. The van der Waals surface area contributed by atoms with Crippen LogP contribution < -0.4 is 11.1 Å². The van der Waals surface area contributed by atoms with Crippen molar-refractivity contribution in [3.63, 3.8) is 0 Å². The molecule has 8 N–H and O–H groups in total. The molecule has 0 aliphatic rings. The molecule has 0 heterocycles. The Hall–Kier alpha value is -3.95. The van der Waals surface area contributed by atoms with E-state index in [1.54, 1.807) is 30.3 Å². The van der Waals surface area contributed by atoms with Gasteiger partial charge in [0.05, 0.1) is 43.9 Å². The fourth-order valence-electron chi connectivity index (χ4n) is 6.91. The van der Waals surface area contributed by atoms with Gasteiger partial charge in [0, 0.05) is 156 Å². The topological polar surface area (TPSA) is 367 Å². The third-order valence-electron chi connectivity index (χ3n) is 10.2. The molecule has 0 atom stereocenters. The van der Waals surface area contributed by atoms with Gasteiger partial charge in [-0.25, -0.2) is 0 Å². The molecule has 8 aromatic carbocycles. The van der Waals surface area contributed by atoms with Gasteiger partial charge in [-0.15, -0.1) is 25.6 Å². The van der Waals surface area contributed by atoms with Gasteiger partial charge in [-0.1, -0.05) is 30.3 Å². The second kappa shape index (κ2) is 24.4. The number of hydrogen-bond donors (Lipinski definition) is 7. The van der Waals surface area contributed by atoms with Crippen molar-refractivity contribution >= 4 is 242 Å². The Labute approximate surface area is 503 Å². The summed E-state index contributed by atoms with van der Waals surface area (Å²) < 4.78 is 137. The monoisotopic (exact) mass is 1100 g/mol. The minimum Gasteiger partial charge on any atom is -0.505 e. The average molecular weight is 1100 g/mol. The van der Waals surface area contributed by atoms with Crippen LogP contribution >= 0.6 is 0 Å². The van der Waals surface area contributed by atoms with Gasteiger partial charge in [0.1, 0.15) is 15.5 Å². The molecule has 22 nitrogen and oxygen atoms in total. The SMILES string of the molecule is Nc1ccc(N=Nc2ccc(N=Nc3ccc(N=Nc4c(S(=O)(=O)O)cc5cc(NC(=O)c6ccccc6)ccc5c4O)c4ccc(S(=O)(=O)O)cc34)c3ccc(S(=O)(=O)O)cc23)cc1S(=O)(=O)O.[Na].[Na].[Na].[Na]. The number of nitrogens with one attached hydrogen (secondary N) is 1. The maximum Gasteiger partial charge on any atom is 0.296 e. The molecule has 0 aliphatic carbocycles. The first-order valence-corrected chi connectivity index (χ1v) is 25.1. The summed E-state index contributed by atoms with van der Waals surface area (Å²) in [5.41, 5.74) is 5.16. The van der Waals surface area contributed by atoms with E-state index in [1.165, 1.54) is 60.7 Å². The average Bonchev–Trinajstić information content (AvgIpc) is 3.29. The van der Waals surface area contributed by atoms with E-state index in [9.17, 15) is 61.8 Å². The fraction of sp³-hybridized carbons (Fsp3) is 0. The molecule has 8 aromatic rings. The van der Waals surface area contributed by atoms with Crippen molar-refractivity contribution < 1.29 is 61.8 Å². The molecule has 0 fully saturated rings. The number of carbonyl (C=O) groups excluding carboxylic acids is 1. The molecule has 0 aromatic heterocycles. The van der Waals surface area contributed by atoms with Crippen LogP contribution in [0.1, 0.15) is 10.4 Å². The van der Waals surface area contributed by atoms with Crippen LogP contribution in [0.4, 0.5) is 45.5 Å². The summed E-state index contributed by atoms with van der Waals surface area (Å²) in [6, 6.07) is 28.9. The molecule has 73 heavy (non-hydrogen) atoms. The largest absolute Gasteiger partial charge is 0.505 e. The number of nitrogen functional groups attached to an aromatic ring is 1. The van der Waals surface area contributed by atoms with Crippen LogP contribution in [-0.4, -0.2) is 181 Å². The van der Waals surface area contributed by atoms with E-state index in [2.05, 4.69) is 36.0 Å². The Morgan fingerprint density at radius 1 is 0.452 bits per heavy atom. The van der Waals surface area contributed by atoms with Gasteiger partial charge in [-0.3, -0.25) is 23.0 Å².